The number of nitrogens with zero attached hydrogens (tertiary/aromatic N) is 2. The van der Waals surface area contributed by atoms with Crippen LogP contribution in [-0.2, 0) is 6.54 Å². The van der Waals surface area contributed by atoms with E-state index in [9.17, 15) is 0 Å². The highest BCUT2D eigenvalue weighted by Crippen LogP contribution is 2.39. The van der Waals surface area contributed by atoms with Crippen LogP contribution in [0.5, 0.6) is 0 Å². The van der Waals surface area contributed by atoms with Gasteiger partial charge in [-0.05, 0) is 58.0 Å². The van der Waals surface area contributed by atoms with Crippen LogP contribution in [0, 0.1) is 12.8 Å². The Morgan fingerprint density at radius 3 is 3.00 bits per heavy atom. The van der Waals surface area contributed by atoms with Gasteiger partial charge in [0.05, 0.1) is 6.54 Å². The third kappa shape index (κ3) is 2.22. The quantitative estimate of drug-likeness (QED) is 0.893. The lowest BCUT2D eigenvalue weighted by Crippen LogP contribution is -2.60. The van der Waals surface area contributed by atoms with Crippen LogP contribution in [0.25, 0.3) is 0 Å². The van der Waals surface area contributed by atoms with Crippen LogP contribution < -0.4 is 5.73 Å². The molecule has 1 aromatic heterocycles. The van der Waals surface area contributed by atoms with Gasteiger partial charge in [-0.1, -0.05) is 0 Å². The Labute approximate surface area is 115 Å². The maximum atomic E-state index is 6.19. The largest absolute Gasteiger partial charge is 0.465 e. The molecule has 0 aromatic carbocycles. The molecule has 3 unspecified atom stereocenters. The second-order valence-corrected chi connectivity index (χ2v) is 6.21. The van der Waals surface area contributed by atoms with Crippen LogP contribution in [0.4, 0.5) is 0 Å². The van der Waals surface area contributed by atoms with E-state index in [4.69, 9.17) is 10.2 Å². The fourth-order valence-electron chi connectivity index (χ4n) is 3.92. The fraction of sp³-hybridized carbons (Fsp3) is 0.733. The zero-order chi connectivity index (χ0) is 13.5. The van der Waals surface area contributed by atoms with Gasteiger partial charge in [-0.15, -0.1) is 0 Å². The molecule has 4 nitrogen and oxygen atoms in total. The van der Waals surface area contributed by atoms with Gasteiger partial charge in [-0.25, -0.2) is 0 Å². The van der Waals surface area contributed by atoms with E-state index in [2.05, 4.69) is 22.9 Å². The van der Waals surface area contributed by atoms with Crippen LogP contribution in [0.1, 0.15) is 24.4 Å². The number of hydrogen-bond acceptors (Lipinski definition) is 4. The van der Waals surface area contributed by atoms with Crippen molar-refractivity contribution in [1.29, 1.82) is 0 Å². The monoisotopic (exact) mass is 263 g/mol. The van der Waals surface area contributed by atoms with E-state index in [-0.39, 0.29) is 5.54 Å². The van der Waals surface area contributed by atoms with Crippen molar-refractivity contribution < 1.29 is 4.42 Å². The third-order valence-corrected chi connectivity index (χ3v) is 5.20. The molecule has 0 radical (unpaired) electrons. The Hall–Kier alpha value is -0.840. The summed E-state index contributed by atoms with van der Waals surface area (Å²) < 4.78 is 5.72. The smallest absolute Gasteiger partial charge is 0.118 e. The lowest BCUT2D eigenvalue weighted by atomic mass is 9.77. The van der Waals surface area contributed by atoms with Gasteiger partial charge in [0.25, 0.3) is 0 Å². The zero-order valence-electron chi connectivity index (χ0n) is 12.1. The molecule has 0 spiro atoms. The third-order valence-electron chi connectivity index (χ3n) is 5.20. The molecule has 2 fully saturated rings. The summed E-state index contributed by atoms with van der Waals surface area (Å²) in [7, 11) is 2.21. The van der Waals surface area contributed by atoms with Gasteiger partial charge in [0.2, 0.25) is 0 Å². The van der Waals surface area contributed by atoms with Crippen molar-refractivity contribution in [1.82, 2.24) is 9.80 Å². The van der Waals surface area contributed by atoms with E-state index in [1.165, 1.54) is 32.5 Å². The predicted octanol–water partition coefficient (Wildman–Crippen LogP) is 1.44. The molecule has 3 atom stereocenters. The molecule has 2 saturated heterocycles. The zero-order valence-corrected chi connectivity index (χ0v) is 12.1. The Morgan fingerprint density at radius 1 is 1.47 bits per heavy atom. The van der Waals surface area contributed by atoms with Gasteiger partial charge in [0.1, 0.15) is 11.5 Å². The maximum Gasteiger partial charge on any atom is 0.118 e. The molecule has 2 N–H and O–H groups in total. The number of piperidine rings is 1. The standard InChI is InChI=1S/C15H25N3O/c1-12-3-4-14(19-12)10-17(2)15(11-16)6-8-18-7-5-13(15)9-18/h3-4,13H,5-11,16H2,1-2H3. The van der Waals surface area contributed by atoms with E-state index in [0.29, 0.717) is 5.92 Å². The van der Waals surface area contributed by atoms with Crippen molar-refractivity contribution in [2.75, 3.05) is 33.2 Å². The molecule has 2 aliphatic heterocycles. The van der Waals surface area contributed by atoms with Gasteiger partial charge in [0.15, 0.2) is 0 Å². The highest BCUT2D eigenvalue weighted by Gasteiger charge is 2.47. The van der Waals surface area contributed by atoms with E-state index in [0.717, 1.165) is 24.6 Å². The van der Waals surface area contributed by atoms with Crippen molar-refractivity contribution in [2.24, 2.45) is 11.7 Å². The van der Waals surface area contributed by atoms with Crippen LogP contribution in [0.15, 0.2) is 16.5 Å². The van der Waals surface area contributed by atoms with Crippen LogP contribution >= 0.6 is 0 Å². The lowest BCUT2D eigenvalue weighted by molar-refractivity contribution is 0.0171. The number of hydrogen-bond donors (Lipinski definition) is 1. The summed E-state index contributed by atoms with van der Waals surface area (Å²) in [6.45, 7) is 7.27. The van der Waals surface area contributed by atoms with E-state index in [1.807, 2.05) is 13.0 Å². The molecule has 0 aliphatic carbocycles. The summed E-state index contributed by atoms with van der Waals surface area (Å²) in [6.07, 6.45) is 2.48. The van der Waals surface area contributed by atoms with Gasteiger partial charge in [-0.2, -0.15) is 0 Å². The molecule has 4 heteroatoms. The molecule has 19 heavy (non-hydrogen) atoms. The first kappa shape index (κ1) is 13.2. The summed E-state index contributed by atoms with van der Waals surface area (Å²) in [5.74, 6) is 2.75. The number of furan rings is 1. The first-order chi connectivity index (χ1) is 9.14. The molecule has 3 heterocycles. The van der Waals surface area contributed by atoms with Crippen molar-refractivity contribution >= 4 is 0 Å². The Morgan fingerprint density at radius 2 is 2.32 bits per heavy atom. The second kappa shape index (κ2) is 4.93. The summed E-state index contributed by atoms with van der Waals surface area (Å²) in [6, 6.07) is 4.12. The van der Waals surface area contributed by atoms with Crippen molar-refractivity contribution in [3.63, 3.8) is 0 Å². The molecule has 3 rings (SSSR count). The highest BCUT2D eigenvalue weighted by molar-refractivity contribution is 5.09. The van der Waals surface area contributed by atoms with Crippen LogP contribution in [0.2, 0.25) is 0 Å². The van der Waals surface area contributed by atoms with E-state index in [1.54, 1.807) is 0 Å². The minimum absolute atomic E-state index is 0.160. The van der Waals surface area contributed by atoms with E-state index >= 15 is 0 Å². The minimum Gasteiger partial charge on any atom is -0.465 e. The van der Waals surface area contributed by atoms with Crippen LogP contribution in [0.3, 0.4) is 0 Å². The van der Waals surface area contributed by atoms with Gasteiger partial charge in [0, 0.05) is 18.6 Å². The molecule has 0 saturated carbocycles. The van der Waals surface area contributed by atoms with Gasteiger partial charge >= 0.3 is 0 Å². The number of rotatable bonds is 4. The molecule has 2 aliphatic rings. The first-order valence-corrected chi connectivity index (χ1v) is 7.33. The highest BCUT2D eigenvalue weighted by atomic mass is 16.3. The van der Waals surface area contributed by atoms with Crippen LogP contribution in [-0.4, -0.2) is 48.6 Å². The average Bonchev–Trinajstić information content (AvgIpc) is 2.98. The normalized spacial score (nSPS) is 34.1. The van der Waals surface area contributed by atoms with Crippen molar-refractivity contribution in [3.05, 3.63) is 23.7 Å². The van der Waals surface area contributed by atoms with Crippen molar-refractivity contribution in [3.8, 4) is 0 Å². The summed E-state index contributed by atoms with van der Waals surface area (Å²) >= 11 is 0. The summed E-state index contributed by atoms with van der Waals surface area (Å²) in [5.41, 5.74) is 6.35. The Bertz CT molecular complexity index is 444. The number of aryl methyl sites for hydroxylation is 1. The Balaban J connectivity index is 1.77. The number of nitrogens with two attached hydrogens (primary N) is 1. The van der Waals surface area contributed by atoms with Gasteiger partial charge < -0.3 is 15.1 Å². The molecular weight excluding hydrogens is 238 g/mol. The maximum absolute atomic E-state index is 6.19. The predicted molar refractivity (Wildman–Crippen MR) is 75.9 cm³/mol. The number of fused-ring (bicyclic) bond motifs is 2. The minimum atomic E-state index is 0.160. The fourth-order valence-corrected chi connectivity index (χ4v) is 3.92. The summed E-state index contributed by atoms with van der Waals surface area (Å²) in [4.78, 5) is 5.02. The average molecular weight is 263 g/mol. The number of likely N-dealkylation sites (N-methyl/N-ethyl adjacent to an activating group) is 1. The molecule has 2 bridgehead atoms. The summed E-state index contributed by atoms with van der Waals surface area (Å²) in [5, 5.41) is 0. The van der Waals surface area contributed by atoms with E-state index < -0.39 is 0 Å². The van der Waals surface area contributed by atoms with Crippen molar-refractivity contribution in [2.45, 2.75) is 31.8 Å². The molecule has 106 valence electrons. The topological polar surface area (TPSA) is 45.6 Å². The lowest BCUT2D eigenvalue weighted by Gasteiger charge is -2.48. The first-order valence-electron chi connectivity index (χ1n) is 7.33. The second-order valence-electron chi connectivity index (χ2n) is 6.21. The van der Waals surface area contributed by atoms with Gasteiger partial charge in [-0.3, -0.25) is 4.90 Å². The molecular formula is C15H25N3O. The molecule has 0 amide bonds. The SMILES string of the molecule is Cc1ccc(CN(C)C2(CN)CCN3CCC2C3)o1. The molecule has 1 aromatic rings. The Kier molecular flexibility index (Phi) is 3.41.